The van der Waals surface area contributed by atoms with Gasteiger partial charge in [0.25, 0.3) is 5.56 Å². The molecule has 1 aliphatic heterocycles. The first-order valence-corrected chi connectivity index (χ1v) is 6.23. The van der Waals surface area contributed by atoms with Crippen molar-refractivity contribution in [2.45, 2.75) is 24.9 Å². The van der Waals surface area contributed by atoms with Gasteiger partial charge in [0, 0.05) is 19.2 Å². The van der Waals surface area contributed by atoms with E-state index in [1.165, 1.54) is 16.8 Å². The average Bonchev–Trinajstić information content (AvgIpc) is 2.79. The normalized spacial score (nSPS) is 26.4. The number of hydrogen-bond donors (Lipinski definition) is 4. The van der Waals surface area contributed by atoms with Crippen LogP contribution in [0.1, 0.15) is 18.2 Å². The Bertz CT molecular complexity index is 606. The summed E-state index contributed by atoms with van der Waals surface area (Å²) in [6, 6.07) is 0. The SMILES string of the molecule is NCC=Cc1cn([C@H]2C[C@@H](O)[C@@H](CO)O2)c(=O)[nH]c1=O. The lowest BCUT2D eigenvalue weighted by atomic mass is 10.2. The highest BCUT2D eigenvalue weighted by Gasteiger charge is 2.35. The van der Waals surface area contributed by atoms with Crippen molar-refractivity contribution in [2.24, 2.45) is 5.73 Å². The van der Waals surface area contributed by atoms with Gasteiger partial charge in [-0.3, -0.25) is 14.3 Å². The summed E-state index contributed by atoms with van der Waals surface area (Å²) < 4.78 is 6.57. The summed E-state index contributed by atoms with van der Waals surface area (Å²) in [5.74, 6) is 0. The summed E-state index contributed by atoms with van der Waals surface area (Å²) >= 11 is 0. The van der Waals surface area contributed by atoms with E-state index in [0.29, 0.717) is 0 Å². The van der Waals surface area contributed by atoms with Crippen LogP contribution in [0.3, 0.4) is 0 Å². The van der Waals surface area contributed by atoms with Crippen LogP contribution >= 0.6 is 0 Å². The van der Waals surface area contributed by atoms with Gasteiger partial charge in [0.15, 0.2) is 0 Å². The lowest BCUT2D eigenvalue weighted by Gasteiger charge is -2.14. The minimum absolute atomic E-state index is 0.164. The number of H-pyrrole nitrogens is 1. The lowest BCUT2D eigenvalue weighted by molar-refractivity contribution is -0.0459. The van der Waals surface area contributed by atoms with Crippen LogP contribution < -0.4 is 17.0 Å². The molecule has 0 amide bonds. The average molecular weight is 283 g/mol. The first kappa shape index (κ1) is 14.7. The van der Waals surface area contributed by atoms with Gasteiger partial charge in [0.05, 0.1) is 18.3 Å². The Hall–Kier alpha value is -1.74. The largest absolute Gasteiger partial charge is 0.394 e. The predicted octanol–water partition coefficient (Wildman–Crippen LogP) is -1.85. The number of ether oxygens (including phenoxy) is 1. The second-order valence-corrected chi connectivity index (χ2v) is 4.50. The molecule has 1 saturated heterocycles. The molecule has 2 rings (SSSR count). The number of hydrogen-bond acceptors (Lipinski definition) is 6. The molecule has 1 fully saturated rings. The first-order valence-electron chi connectivity index (χ1n) is 6.23. The predicted molar refractivity (Wildman–Crippen MR) is 71.0 cm³/mol. The Morgan fingerprint density at radius 1 is 1.55 bits per heavy atom. The summed E-state index contributed by atoms with van der Waals surface area (Å²) in [6.07, 6.45) is 2.29. The smallest absolute Gasteiger partial charge is 0.330 e. The molecule has 0 bridgehead atoms. The third-order valence-corrected chi connectivity index (χ3v) is 3.12. The van der Waals surface area contributed by atoms with Crippen LogP contribution in [0.25, 0.3) is 6.08 Å². The zero-order valence-corrected chi connectivity index (χ0v) is 10.7. The minimum Gasteiger partial charge on any atom is -0.394 e. The van der Waals surface area contributed by atoms with E-state index in [9.17, 15) is 14.7 Å². The van der Waals surface area contributed by atoms with Gasteiger partial charge in [0.2, 0.25) is 0 Å². The number of aliphatic hydroxyl groups is 2. The van der Waals surface area contributed by atoms with Crippen LogP contribution in [0.5, 0.6) is 0 Å². The van der Waals surface area contributed by atoms with E-state index >= 15 is 0 Å². The molecule has 0 unspecified atom stereocenters. The molecule has 2 heterocycles. The summed E-state index contributed by atoms with van der Waals surface area (Å²) in [7, 11) is 0. The van der Waals surface area contributed by atoms with Crippen LogP contribution in [-0.2, 0) is 4.74 Å². The van der Waals surface area contributed by atoms with Crippen LogP contribution in [0.2, 0.25) is 0 Å². The second-order valence-electron chi connectivity index (χ2n) is 4.50. The van der Waals surface area contributed by atoms with Gasteiger partial charge in [-0.25, -0.2) is 4.79 Å². The quantitative estimate of drug-likeness (QED) is 0.513. The first-order chi connectivity index (χ1) is 9.56. The van der Waals surface area contributed by atoms with E-state index in [0.717, 1.165) is 0 Å². The van der Waals surface area contributed by atoms with Crippen LogP contribution in [0.15, 0.2) is 21.9 Å². The number of aromatic nitrogens is 2. The molecule has 3 atom stereocenters. The Morgan fingerprint density at radius 3 is 2.90 bits per heavy atom. The third-order valence-electron chi connectivity index (χ3n) is 3.12. The van der Waals surface area contributed by atoms with Crippen molar-refractivity contribution in [1.29, 1.82) is 0 Å². The maximum Gasteiger partial charge on any atom is 0.330 e. The van der Waals surface area contributed by atoms with Crippen molar-refractivity contribution < 1.29 is 14.9 Å². The van der Waals surface area contributed by atoms with Crippen molar-refractivity contribution in [3.8, 4) is 0 Å². The number of nitrogens with two attached hydrogens (primary N) is 1. The molecule has 0 saturated carbocycles. The topological polar surface area (TPSA) is 131 Å². The molecule has 0 spiro atoms. The fourth-order valence-electron chi connectivity index (χ4n) is 2.08. The van der Waals surface area contributed by atoms with E-state index in [4.69, 9.17) is 15.6 Å². The minimum atomic E-state index is -0.855. The highest BCUT2D eigenvalue weighted by molar-refractivity contribution is 5.46. The van der Waals surface area contributed by atoms with Gasteiger partial charge in [-0.1, -0.05) is 12.2 Å². The Morgan fingerprint density at radius 2 is 2.30 bits per heavy atom. The molecule has 110 valence electrons. The second kappa shape index (κ2) is 6.14. The number of aromatic amines is 1. The van der Waals surface area contributed by atoms with Gasteiger partial charge in [-0.2, -0.15) is 0 Å². The molecular formula is C12H17N3O5. The van der Waals surface area contributed by atoms with Crippen LogP contribution in [0.4, 0.5) is 0 Å². The molecule has 0 radical (unpaired) electrons. The summed E-state index contributed by atoms with van der Waals surface area (Å²) in [5.41, 5.74) is 4.43. The van der Waals surface area contributed by atoms with Gasteiger partial charge in [-0.15, -0.1) is 0 Å². The molecule has 5 N–H and O–H groups in total. The van der Waals surface area contributed by atoms with E-state index < -0.39 is 29.7 Å². The van der Waals surface area contributed by atoms with Crippen molar-refractivity contribution in [1.82, 2.24) is 9.55 Å². The summed E-state index contributed by atoms with van der Waals surface area (Å²) in [6.45, 7) is -0.0699. The van der Waals surface area contributed by atoms with E-state index in [2.05, 4.69) is 4.98 Å². The molecule has 1 aromatic rings. The molecule has 8 heteroatoms. The molecule has 1 aromatic heterocycles. The summed E-state index contributed by atoms with van der Waals surface area (Å²) in [5, 5.41) is 18.7. The zero-order chi connectivity index (χ0) is 14.7. The zero-order valence-electron chi connectivity index (χ0n) is 10.7. The summed E-state index contributed by atoms with van der Waals surface area (Å²) in [4.78, 5) is 25.6. The molecule has 0 aromatic carbocycles. The molecular weight excluding hydrogens is 266 g/mol. The maximum absolute atomic E-state index is 11.8. The molecule has 0 aliphatic carbocycles. The number of nitrogens with zero attached hydrogens (tertiary/aromatic N) is 1. The van der Waals surface area contributed by atoms with Gasteiger partial charge in [-0.05, 0) is 0 Å². The molecule has 8 nitrogen and oxygen atoms in total. The Balaban J connectivity index is 2.35. The van der Waals surface area contributed by atoms with Gasteiger partial charge in [0.1, 0.15) is 12.3 Å². The Labute approximate surface area is 114 Å². The lowest BCUT2D eigenvalue weighted by Crippen LogP contribution is -2.33. The highest BCUT2D eigenvalue weighted by atomic mass is 16.5. The Kier molecular flexibility index (Phi) is 4.50. The van der Waals surface area contributed by atoms with E-state index in [-0.39, 0.29) is 25.1 Å². The fraction of sp³-hybridized carbons (Fsp3) is 0.500. The molecule has 1 aliphatic rings. The van der Waals surface area contributed by atoms with Crippen molar-refractivity contribution in [3.05, 3.63) is 38.7 Å². The van der Waals surface area contributed by atoms with E-state index in [1.807, 2.05) is 0 Å². The van der Waals surface area contributed by atoms with Crippen LogP contribution in [0, 0.1) is 0 Å². The maximum atomic E-state index is 11.8. The standard InChI is InChI=1S/C12H17N3O5/c13-3-1-2-7-5-15(12(19)14-11(7)18)10-4-8(17)9(6-16)20-10/h1-2,5,8-10,16-17H,3-4,6,13H2,(H,14,18,19)/t8-,9-,10-/m1/s1. The van der Waals surface area contributed by atoms with Crippen LogP contribution in [-0.4, -0.2) is 45.1 Å². The number of rotatable bonds is 4. The van der Waals surface area contributed by atoms with Crippen molar-refractivity contribution in [3.63, 3.8) is 0 Å². The van der Waals surface area contributed by atoms with E-state index in [1.54, 1.807) is 6.08 Å². The number of aliphatic hydroxyl groups excluding tert-OH is 2. The van der Waals surface area contributed by atoms with Crippen molar-refractivity contribution >= 4 is 6.08 Å². The molecule has 20 heavy (non-hydrogen) atoms. The third kappa shape index (κ3) is 2.88. The van der Waals surface area contributed by atoms with Crippen molar-refractivity contribution in [2.75, 3.05) is 13.2 Å². The fourth-order valence-corrected chi connectivity index (χ4v) is 2.08. The monoisotopic (exact) mass is 283 g/mol. The highest BCUT2D eigenvalue weighted by Crippen LogP contribution is 2.27. The van der Waals surface area contributed by atoms with Gasteiger partial charge < -0.3 is 20.7 Å². The number of nitrogens with one attached hydrogen (secondary N) is 1. The van der Waals surface area contributed by atoms with Gasteiger partial charge >= 0.3 is 5.69 Å².